The lowest BCUT2D eigenvalue weighted by molar-refractivity contribution is 0.361. The van der Waals surface area contributed by atoms with E-state index in [0.717, 1.165) is 5.92 Å². The molecule has 0 aromatic heterocycles. The highest BCUT2D eigenvalue weighted by molar-refractivity contribution is 5.07. The van der Waals surface area contributed by atoms with Crippen LogP contribution in [-0.4, -0.2) is 11.6 Å². The van der Waals surface area contributed by atoms with E-state index in [2.05, 4.69) is 0 Å². The summed E-state index contributed by atoms with van der Waals surface area (Å²) in [7, 11) is 0. The molecule has 0 amide bonds. The van der Waals surface area contributed by atoms with Gasteiger partial charge in [0.05, 0.1) is 0 Å². The monoisotopic (exact) mass is 126 g/mol. The molecule has 0 saturated heterocycles. The Morgan fingerprint density at radius 3 is 2.44 bits per heavy atom. The SMILES string of the molecule is NC1CC2CCC1(N)C2. The molecule has 0 aromatic rings. The first kappa shape index (κ1) is 5.69. The smallest absolute Gasteiger partial charge is 0.0310 e. The van der Waals surface area contributed by atoms with Crippen LogP contribution in [-0.2, 0) is 0 Å². The Bertz CT molecular complexity index is 135. The van der Waals surface area contributed by atoms with Crippen molar-refractivity contribution in [3.63, 3.8) is 0 Å². The third-order valence-corrected chi connectivity index (χ3v) is 3.01. The molecule has 2 nitrogen and oxygen atoms in total. The largest absolute Gasteiger partial charge is 0.326 e. The Hall–Kier alpha value is -0.0800. The zero-order chi connectivity index (χ0) is 6.48. The first-order valence-corrected chi connectivity index (χ1v) is 3.75. The van der Waals surface area contributed by atoms with Crippen molar-refractivity contribution in [2.45, 2.75) is 37.3 Å². The summed E-state index contributed by atoms with van der Waals surface area (Å²) in [5.41, 5.74) is 11.9. The minimum Gasteiger partial charge on any atom is -0.326 e. The van der Waals surface area contributed by atoms with Crippen LogP contribution in [0.2, 0.25) is 0 Å². The Balaban J connectivity index is 2.22. The predicted molar refractivity (Wildman–Crippen MR) is 36.9 cm³/mol. The van der Waals surface area contributed by atoms with Gasteiger partial charge in [0.2, 0.25) is 0 Å². The summed E-state index contributed by atoms with van der Waals surface area (Å²) >= 11 is 0. The Morgan fingerprint density at radius 2 is 2.22 bits per heavy atom. The summed E-state index contributed by atoms with van der Waals surface area (Å²) in [4.78, 5) is 0. The van der Waals surface area contributed by atoms with Gasteiger partial charge in [-0.15, -0.1) is 0 Å². The van der Waals surface area contributed by atoms with E-state index in [1.54, 1.807) is 0 Å². The van der Waals surface area contributed by atoms with Crippen molar-refractivity contribution in [1.29, 1.82) is 0 Å². The molecular formula is C7H14N2. The molecule has 2 saturated carbocycles. The molecule has 2 bridgehead atoms. The van der Waals surface area contributed by atoms with Crippen molar-refractivity contribution in [2.75, 3.05) is 0 Å². The van der Waals surface area contributed by atoms with Crippen LogP contribution < -0.4 is 11.5 Å². The van der Waals surface area contributed by atoms with Gasteiger partial charge in [-0.05, 0) is 31.6 Å². The van der Waals surface area contributed by atoms with Crippen molar-refractivity contribution < 1.29 is 0 Å². The molecule has 2 heteroatoms. The summed E-state index contributed by atoms with van der Waals surface area (Å²) in [6, 6.07) is 0.302. The second kappa shape index (κ2) is 1.50. The average Bonchev–Trinajstić information content (AvgIpc) is 2.22. The van der Waals surface area contributed by atoms with E-state index in [1.807, 2.05) is 0 Å². The second-order valence-electron chi connectivity index (χ2n) is 3.68. The molecular weight excluding hydrogens is 112 g/mol. The minimum absolute atomic E-state index is 0.0463. The van der Waals surface area contributed by atoms with E-state index in [0.29, 0.717) is 6.04 Å². The molecule has 2 rings (SSSR count). The average molecular weight is 126 g/mol. The van der Waals surface area contributed by atoms with Gasteiger partial charge in [0.1, 0.15) is 0 Å². The number of fused-ring (bicyclic) bond motifs is 2. The van der Waals surface area contributed by atoms with Gasteiger partial charge in [-0.3, -0.25) is 0 Å². The van der Waals surface area contributed by atoms with Gasteiger partial charge in [0.25, 0.3) is 0 Å². The van der Waals surface area contributed by atoms with E-state index < -0.39 is 0 Å². The van der Waals surface area contributed by atoms with Crippen LogP contribution in [0.4, 0.5) is 0 Å². The minimum atomic E-state index is 0.0463. The molecule has 3 atom stereocenters. The van der Waals surface area contributed by atoms with Gasteiger partial charge in [-0.2, -0.15) is 0 Å². The van der Waals surface area contributed by atoms with Crippen molar-refractivity contribution >= 4 is 0 Å². The van der Waals surface area contributed by atoms with E-state index in [4.69, 9.17) is 11.5 Å². The number of rotatable bonds is 0. The Morgan fingerprint density at radius 1 is 1.44 bits per heavy atom. The van der Waals surface area contributed by atoms with E-state index in [-0.39, 0.29) is 5.54 Å². The van der Waals surface area contributed by atoms with Crippen LogP contribution in [0.3, 0.4) is 0 Å². The topological polar surface area (TPSA) is 52.0 Å². The van der Waals surface area contributed by atoms with Gasteiger partial charge < -0.3 is 11.5 Å². The van der Waals surface area contributed by atoms with Crippen LogP contribution in [0.1, 0.15) is 25.7 Å². The fourth-order valence-corrected chi connectivity index (χ4v) is 2.35. The first-order chi connectivity index (χ1) is 4.21. The highest BCUT2D eigenvalue weighted by Gasteiger charge is 2.47. The number of nitrogens with two attached hydrogens (primary N) is 2. The fourth-order valence-electron chi connectivity index (χ4n) is 2.35. The lowest BCUT2D eigenvalue weighted by atomic mass is 9.90. The number of hydrogen-bond acceptors (Lipinski definition) is 2. The van der Waals surface area contributed by atoms with Crippen molar-refractivity contribution in [2.24, 2.45) is 17.4 Å². The van der Waals surface area contributed by atoms with Crippen molar-refractivity contribution in [3.8, 4) is 0 Å². The highest BCUT2D eigenvalue weighted by Crippen LogP contribution is 2.44. The molecule has 0 radical (unpaired) electrons. The maximum atomic E-state index is 6.02. The molecule has 2 aliphatic carbocycles. The van der Waals surface area contributed by atoms with E-state index in [1.165, 1.54) is 25.7 Å². The first-order valence-electron chi connectivity index (χ1n) is 3.75. The molecule has 3 unspecified atom stereocenters. The molecule has 52 valence electrons. The second-order valence-corrected chi connectivity index (χ2v) is 3.68. The third kappa shape index (κ3) is 0.634. The lowest BCUT2D eigenvalue weighted by Crippen LogP contribution is -2.50. The predicted octanol–water partition coefficient (Wildman–Crippen LogP) is 0.215. The zero-order valence-corrected chi connectivity index (χ0v) is 5.64. The fraction of sp³-hybridized carbons (Fsp3) is 1.00. The summed E-state index contributed by atoms with van der Waals surface area (Å²) in [5, 5.41) is 0. The highest BCUT2D eigenvalue weighted by atomic mass is 14.9. The summed E-state index contributed by atoms with van der Waals surface area (Å²) in [6.45, 7) is 0. The van der Waals surface area contributed by atoms with Gasteiger partial charge >= 0.3 is 0 Å². The van der Waals surface area contributed by atoms with Crippen LogP contribution in [0.15, 0.2) is 0 Å². The Kier molecular flexibility index (Phi) is 0.945. The molecule has 9 heavy (non-hydrogen) atoms. The summed E-state index contributed by atoms with van der Waals surface area (Å²) in [6.07, 6.45) is 4.85. The molecule has 0 spiro atoms. The normalized spacial score (nSPS) is 56.7. The molecule has 2 aliphatic rings. The lowest BCUT2D eigenvalue weighted by Gasteiger charge is -2.27. The maximum absolute atomic E-state index is 6.02. The van der Waals surface area contributed by atoms with E-state index >= 15 is 0 Å². The summed E-state index contributed by atoms with van der Waals surface area (Å²) < 4.78 is 0. The van der Waals surface area contributed by atoms with Crippen LogP contribution in [0, 0.1) is 5.92 Å². The van der Waals surface area contributed by atoms with Gasteiger partial charge in [-0.1, -0.05) is 0 Å². The summed E-state index contributed by atoms with van der Waals surface area (Å²) in [5.74, 6) is 0.866. The molecule has 0 aliphatic heterocycles. The van der Waals surface area contributed by atoms with Crippen molar-refractivity contribution in [3.05, 3.63) is 0 Å². The molecule has 4 N–H and O–H groups in total. The van der Waals surface area contributed by atoms with Crippen LogP contribution in [0.5, 0.6) is 0 Å². The van der Waals surface area contributed by atoms with Crippen molar-refractivity contribution in [1.82, 2.24) is 0 Å². The van der Waals surface area contributed by atoms with Gasteiger partial charge in [0, 0.05) is 11.6 Å². The Labute approximate surface area is 55.6 Å². The molecule has 0 aromatic carbocycles. The van der Waals surface area contributed by atoms with E-state index in [9.17, 15) is 0 Å². The third-order valence-electron chi connectivity index (χ3n) is 3.01. The quantitative estimate of drug-likeness (QED) is 0.487. The standard InChI is InChI=1S/C7H14N2/c8-6-3-5-1-2-7(6,9)4-5/h5-6H,1-4,8-9H2. The molecule has 2 fully saturated rings. The molecule has 0 heterocycles. The van der Waals surface area contributed by atoms with Crippen LogP contribution >= 0.6 is 0 Å². The van der Waals surface area contributed by atoms with Gasteiger partial charge in [0.15, 0.2) is 0 Å². The van der Waals surface area contributed by atoms with Crippen LogP contribution in [0.25, 0.3) is 0 Å². The number of hydrogen-bond donors (Lipinski definition) is 2. The van der Waals surface area contributed by atoms with Gasteiger partial charge in [-0.25, -0.2) is 0 Å². The zero-order valence-electron chi connectivity index (χ0n) is 5.64. The maximum Gasteiger partial charge on any atom is 0.0310 e.